The van der Waals surface area contributed by atoms with Gasteiger partial charge in [0.1, 0.15) is 5.76 Å². The van der Waals surface area contributed by atoms with Gasteiger partial charge in [-0.3, -0.25) is 4.79 Å². The van der Waals surface area contributed by atoms with Crippen LogP contribution in [-0.2, 0) is 4.79 Å². The molecule has 0 aromatic heterocycles. The third-order valence-electron chi connectivity index (χ3n) is 2.44. The molecule has 1 aliphatic rings. The molecule has 14 heavy (non-hydrogen) atoms. The minimum atomic E-state index is -0.522. The summed E-state index contributed by atoms with van der Waals surface area (Å²) in [5, 5.41) is 18.7. The highest BCUT2D eigenvalue weighted by Gasteiger charge is 2.25. The largest absolute Gasteiger partial charge is 0.508 e. The van der Waals surface area contributed by atoms with E-state index in [1.54, 1.807) is 0 Å². The lowest BCUT2D eigenvalue weighted by Crippen LogP contribution is -2.19. The number of allylic oxidation sites excluding steroid dienone is 3. The fraction of sp³-hybridized carbons (Fsp3) is 0.545. The van der Waals surface area contributed by atoms with Gasteiger partial charge in [-0.25, -0.2) is 0 Å². The number of ketones is 1. The molecular weight excluding hydrogens is 180 g/mol. The molecule has 0 spiro atoms. The molecule has 1 atom stereocenters. The second kappa shape index (κ2) is 4.84. The van der Waals surface area contributed by atoms with Crippen molar-refractivity contribution >= 4 is 5.78 Å². The van der Waals surface area contributed by atoms with E-state index in [-0.39, 0.29) is 17.3 Å². The van der Waals surface area contributed by atoms with Crippen LogP contribution in [-0.4, -0.2) is 16.0 Å². The smallest absolute Gasteiger partial charge is 0.166 e. The van der Waals surface area contributed by atoms with Crippen molar-refractivity contribution in [3.63, 3.8) is 0 Å². The van der Waals surface area contributed by atoms with Crippen LogP contribution in [0.4, 0.5) is 0 Å². The van der Waals surface area contributed by atoms with Gasteiger partial charge in [0, 0.05) is 0 Å². The second-order valence-electron chi connectivity index (χ2n) is 3.55. The maximum atomic E-state index is 11.4. The Morgan fingerprint density at radius 3 is 2.64 bits per heavy atom. The molecule has 1 aliphatic carbocycles. The van der Waals surface area contributed by atoms with Crippen molar-refractivity contribution in [2.45, 2.75) is 32.6 Å². The molecule has 0 aromatic carbocycles. The van der Waals surface area contributed by atoms with Crippen LogP contribution >= 0.6 is 0 Å². The first kappa shape index (κ1) is 10.8. The maximum Gasteiger partial charge on any atom is 0.166 e. The third kappa shape index (κ3) is 2.37. The molecule has 0 radical (unpaired) electrons. The number of rotatable bonds is 4. The summed E-state index contributed by atoms with van der Waals surface area (Å²) in [6, 6.07) is 0. The molecule has 0 saturated carbocycles. The zero-order valence-electron chi connectivity index (χ0n) is 8.36. The van der Waals surface area contributed by atoms with Gasteiger partial charge in [-0.05, 0) is 18.6 Å². The predicted octanol–water partition coefficient (Wildman–Crippen LogP) is 2.65. The van der Waals surface area contributed by atoms with Gasteiger partial charge in [0.15, 0.2) is 11.5 Å². The number of hydrogen-bond acceptors (Lipinski definition) is 3. The van der Waals surface area contributed by atoms with Crippen molar-refractivity contribution in [2.24, 2.45) is 5.92 Å². The lowest BCUT2D eigenvalue weighted by Gasteiger charge is -2.16. The topological polar surface area (TPSA) is 57.5 Å². The van der Waals surface area contributed by atoms with Gasteiger partial charge in [0.25, 0.3) is 0 Å². The number of carbonyl (C=O) groups is 1. The summed E-state index contributed by atoms with van der Waals surface area (Å²) in [5.74, 6) is -0.984. The number of hydrogen-bond donors (Lipinski definition) is 2. The Morgan fingerprint density at radius 1 is 1.29 bits per heavy atom. The van der Waals surface area contributed by atoms with Crippen molar-refractivity contribution in [1.29, 1.82) is 0 Å². The second-order valence-corrected chi connectivity index (χ2v) is 3.55. The van der Waals surface area contributed by atoms with E-state index in [1.165, 1.54) is 12.2 Å². The van der Waals surface area contributed by atoms with Gasteiger partial charge in [-0.1, -0.05) is 26.2 Å². The zero-order valence-corrected chi connectivity index (χ0v) is 8.36. The Hall–Kier alpha value is -1.25. The van der Waals surface area contributed by atoms with E-state index >= 15 is 0 Å². The predicted molar refractivity (Wildman–Crippen MR) is 54.1 cm³/mol. The number of carbonyl (C=O) groups excluding carboxylic acids is 1. The third-order valence-corrected chi connectivity index (χ3v) is 2.44. The van der Waals surface area contributed by atoms with E-state index in [0.29, 0.717) is 6.42 Å². The fourth-order valence-corrected chi connectivity index (χ4v) is 1.55. The lowest BCUT2D eigenvalue weighted by atomic mass is 9.91. The first-order chi connectivity index (χ1) is 6.66. The number of unbranched alkanes of at least 4 members (excludes halogenated alkanes) is 2. The van der Waals surface area contributed by atoms with Crippen LogP contribution in [0.3, 0.4) is 0 Å². The number of aliphatic hydroxyl groups excluding tert-OH is 2. The molecule has 0 saturated heterocycles. The molecule has 0 heterocycles. The molecule has 1 unspecified atom stereocenters. The van der Waals surface area contributed by atoms with Crippen LogP contribution in [0.1, 0.15) is 32.6 Å². The van der Waals surface area contributed by atoms with Crippen LogP contribution in [0.15, 0.2) is 23.7 Å². The summed E-state index contributed by atoms with van der Waals surface area (Å²) in [7, 11) is 0. The van der Waals surface area contributed by atoms with Crippen molar-refractivity contribution in [3.8, 4) is 0 Å². The van der Waals surface area contributed by atoms with E-state index in [0.717, 1.165) is 19.3 Å². The van der Waals surface area contributed by atoms with Gasteiger partial charge in [0.05, 0.1) is 5.92 Å². The molecule has 0 aromatic rings. The Kier molecular flexibility index (Phi) is 3.74. The van der Waals surface area contributed by atoms with Crippen LogP contribution in [0.25, 0.3) is 0 Å². The summed E-state index contributed by atoms with van der Waals surface area (Å²) in [4.78, 5) is 11.4. The summed E-state index contributed by atoms with van der Waals surface area (Å²) in [6.07, 6.45) is 6.21. The highest BCUT2D eigenvalue weighted by Crippen LogP contribution is 2.24. The van der Waals surface area contributed by atoms with E-state index < -0.39 is 5.92 Å². The van der Waals surface area contributed by atoms with Crippen LogP contribution in [0, 0.1) is 5.92 Å². The Bertz CT molecular complexity index is 276. The van der Waals surface area contributed by atoms with E-state index in [9.17, 15) is 15.0 Å². The van der Waals surface area contributed by atoms with Crippen molar-refractivity contribution in [2.75, 3.05) is 0 Å². The standard InChI is InChI=1S/C11H16O3/c1-2-3-4-5-8-9(12)6-7-10(13)11(8)14/h6-8,13-14H,2-5H2,1H3. The van der Waals surface area contributed by atoms with Crippen molar-refractivity contribution in [1.82, 2.24) is 0 Å². The Morgan fingerprint density at radius 2 is 2.00 bits per heavy atom. The molecule has 78 valence electrons. The fourth-order valence-electron chi connectivity index (χ4n) is 1.55. The molecule has 3 nitrogen and oxygen atoms in total. The highest BCUT2D eigenvalue weighted by molar-refractivity contribution is 5.95. The van der Waals surface area contributed by atoms with Gasteiger partial charge in [-0.15, -0.1) is 0 Å². The average Bonchev–Trinajstić information content (AvgIpc) is 2.18. The Labute approximate surface area is 83.8 Å². The summed E-state index contributed by atoms with van der Waals surface area (Å²) < 4.78 is 0. The maximum absolute atomic E-state index is 11.4. The van der Waals surface area contributed by atoms with Crippen LogP contribution < -0.4 is 0 Å². The monoisotopic (exact) mass is 196 g/mol. The molecule has 1 rings (SSSR count). The zero-order chi connectivity index (χ0) is 10.6. The first-order valence-electron chi connectivity index (χ1n) is 5.00. The van der Waals surface area contributed by atoms with E-state index in [1.807, 2.05) is 0 Å². The van der Waals surface area contributed by atoms with Crippen LogP contribution in [0.2, 0.25) is 0 Å². The van der Waals surface area contributed by atoms with E-state index in [2.05, 4.69) is 6.92 Å². The quantitative estimate of drug-likeness (QED) is 0.679. The Balaban J connectivity index is 2.58. The molecular formula is C11H16O3. The molecule has 3 heteroatoms. The van der Waals surface area contributed by atoms with Crippen molar-refractivity contribution < 1.29 is 15.0 Å². The number of aliphatic hydroxyl groups is 2. The van der Waals surface area contributed by atoms with Gasteiger partial charge in [-0.2, -0.15) is 0 Å². The molecule has 0 amide bonds. The minimum absolute atomic E-state index is 0.114. The molecule has 0 bridgehead atoms. The molecule has 0 aliphatic heterocycles. The normalized spacial score (nSPS) is 21.8. The van der Waals surface area contributed by atoms with Crippen LogP contribution in [0.5, 0.6) is 0 Å². The average molecular weight is 196 g/mol. The molecule has 2 N–H and O–H groups in total. The van der Waals surface area contributed by atoms with Gasteiger partial charge < -0.3 is 10.2 Å². The summed E-state index contributed by atoms with van der Waals surface area (Å²) in [5.41, 5.74) is 0. The van der Waals surface area contributed by atoms with Crippen molar-refractivity contribution in [3.05, 3.63) is 23.7 Å². The molecule has 0 fully saturated rings. The summed E-state index contributed by atoms with van der Waals surface area (Å²) in [6.45, 7) is 2.08. The minimum Gasteiger partial charge on any atom is -0.508 e. The SMILES string of the molecule is CCCCCC1C(=O)C=CC(O)=C1O. The van der Waals surface area contributed by atoms with Gasteiger partial charge >= 0.3 is 0 Å². The highest BCUT2D eigenvalue weighted by atomic mass is 16.3. The summed E-state index contributed by atoms with van der Waals surface area (Å²) >= 11 is 0. The lowest BCUT2D eigenvalue weighted by molar-refractivity contribution is -0.118. The first-order valence-corrected chi connectivity index (χ1v) is 5.00. The van der Waals surface area contributed by atoms with Gasteiger partial charge in [0.2, 0.25) is 0 Å². The van der Waals surface area contributed by atoms with E-state index in [4.69, 9.17) is 0 Å².